The summed E-state index contributed by atoms with van der Waals surface area (Å²) >= 11 is 1.47. The highest BCUT2D eigenvalue weighted by Gasteiger charge is 2.35. The van der Waals surface area contributed by atoms with Gasteiger partial charge in [0.25, 0.3) is 5.56 Å². The second kappa shape index (κ2) is 6.67. The fourth-order valence-corrected chi connectivity index (χ4v) is 6.14. The molecule has 1 atom stereocenters. The van der Waals surface area contributed by atoms with Crippen LogP contribution in [-0.2, 0) is 0 Å². The van der Waals surface area contributed by atoms with Crippen LogP contribution in [0.1, 0.15) is 56.7 Å². The number of fused-ring (bicyclic) bond motifs is 4. The number of imidazole rings is 1. The van der Waals surface area contributed by atoms with E-state index in [0.717, 1.165) is 39.1 Å². The van der Waals surface area contributed by atoms with E-state index in [4.69, 9.17) is 0 Å². The van der Waals surface area contributed by atoms with Crippen molar-refractivity contribution < 1.29 is 0 Å². The number of nitrogens with zero attached hydrogens (tertiary/aromatic N) is 3. The predicted octanol–water partition coefficient (Wildman–Crippen LogP) is 4.88. The largest absolute Gasteiger partial charge is 0.366 e. The molecule has 0 spiro atoms. The topological polar surface area (TPSA) is 37.6 Å². The Balaban J connectivity index is 1.69. The molecule has 5 rings (SSSR count). The van der Waals surface area contributed by atoms with Crippen LogP contribution in [0, 0.1) is 6.92 Å². The minimum Gasteiger partial charge on any atom is -0.366 e. The van der Waals surface area contributed by atoms with E-state index >= 15 is 0 Å². The summed E-state index contributed by atoms with van der Waals surface area (Å²) in [6.45, 7) is 12.4. The number of para-hydroxylation sites is 2. The van der Waals surface area contributed by atoms with Gasteiger partial charge in [-0.15, -0.1) is 0 Å². The third-order valence-electron chi connectivity index (χ3n) is 6.52. The molecule has 0 aliphatic carbocycles. The van der Waals surface area contributed by atoms with Crippen LogP contribution < -0.4 is 15.0 Å². The number of anilines is 1. The smallest absolute Gasteiger partial charge is 0.274 e. The van der Waals surface area contributed by atoms with Crippen LogP contribution in [0.5, 0.6) is 0 Å². The van der Waals surface area contributed by atoms with Gasteiger partial charge in [-0.1, -0.05) is 30.4 Å². The van der Waals surface area contributed by atoms with Gasteiger partial charge in [-0.25, -0.2) is 9.38 Å². The molecule has 5 heteroatoms. The van der Waals surface area contributed by atoms with Gasteiger partial charge < -0.3 is 4.90 Å². The SMILES string of the molecule is CCN1c2cc(C)c(/C=c3\sc4nc5ccccc5n4c3=O)cc2[C@H](C)CC1(C)C. The number of benzene rings is 2. The van der Waals surface area contributed by atoms with Crippen molar-refractivity contribution in [2.45, 2.75) is 52.5 Å². The molecule has 2 aromatic heterocycles. The monoisotopic (exact) mass is 417 g/mol. The fraction of sp³-hybridized carbons (Fsp3) is 0.360. The minimum atomic E-state index is 0.0187. The zero-order valence-corrected chi connectivity index (χ0v) is 19.0. The van der Waals surface area contributed by atoms with Crippen molar-refractivity contribution in [3.05, 3.63) is 68.0 Å². The zero-order valence-electron chi connectivity index (χ0n) is 18.2. The first kappa shape index (κ1) is 19.3. The van der Waals surface area contributed by atoms with Gasteiger partial charge in [0, 0.05) is 17.8 Å². The maximum Gasteiger partial charge on any atom is 0.274 e. The molecule has 3 heterocycles. The fourth-order valence-electron chi connectivity index (χ4n) is 5.16. The van der Waals surface area contributed by atoms with Crippen molar-refractivity contribution in [1.82, 2.24) is 9.38 Å². The van der Waals surface area contributed by atoms with Gasteiger partial charge in [0.1, 0.15) is 0 Å². The van der Waals surface area contributed by atoms with E-state index in [-0.39, 0.29) is 11.1 Å². The average molecular weight is 418 g/mol. The van der Waals surface area contributed by atoms with Crippen molar-refractivity contribution in [3.8, 4) is 0 Å². The molecule has 0 bridgehead atoms. The van der Waals surface area contributed by atoms with Crippen molar-refractivity contribution >= 4 is 39.1 Å². The molecule has 30 heavy (non-hydrogen) atoms. The van der Waals surface area contributed by atoms with Gasteiger partial charge in [0.05, 0.1) is 15.6 Å². The van der Waals surface area contributed by atoms with Gasteiger partial charge in [-0.2, -0.15) is 0 Å². The molecule has 0 fully saturated rings. The van der Waals surface area contributed by atoms with Gasteiger partial charge >= 0.3 is 0 Å². The average Bonchev–Trinajstić information content (AvgIpc) is 3.19. The predicted molar refractivity (Wildman–Crippen MR) is 127 cm³/mol. The summed E-state index contributed by atoms with van der Waals surface area (Å²) in [4.78, 5) is 21.1. The van der Waals surface area contributed by atoms with E-state index in [9.17, 15) is 4.79 Å². The van der Waals surface area contributed by atoms with Crippen LogP contribution in [0.2, 0.25) is 0 Å². The van der Waals surface area contributed by atoms with Crippen molar-refractivity contribution in [3.63, 3.8) is 0 Å². The van der Waals surface area contributed by atoms with Crippen LogP contribution in [0.25, 0.3) is 22.1 Å². The quantitative estimate of drug-likeness (QED) is 0.467. The molecule has 0 unspecified atom stereocenters. The maximum atomic E-state index is 13.1. The number of hydrogen-bond acceptors (Lipinski definition) is 4. The van der Waals surface area contributed by atoms with Crippen molar-refractivity contribution in [2.24, 2.45) is 0 Å². The van der Waals surface area contributed by atoms with E-state index in [1.807, 2.05) is 24.3 Å². The van der Waals surface area contributed by atoms with E-state index in [1.54, 1.807) is 4.40 Å². The molecule has 4 aromatic rings. The Morgan fingerprint density at radius 2 is 2.03 bits per heavy atom. The van der Waals surface area contributed by atoms with Gasteiger partial charge in [-0.05, 0) is 87.1 Å². The van der Waals surface area contributed by atoms with E-state index in [1.165, 1.54) is 28.2 Å². The minimum absolute atomic E-state index is 0.0187. The second-order valence-electron chi connectivity index (χ2n) is 9.06. The Hall–Kier alpha value is -2.66. The molecule has 154 valence electrons. The number of aromatic nitrogens is 2. The number of hydrogen-bond donors (Lipinski definition) is 0. The normalized spacial score (nSPS) is 19.0. The van der Waals surface area contributed by atoms with Crippen LogP contribution in [0.4, 0.5) is 5.69 Å². The first-order chi connectivity index (χ1) is 14.3. The second-order valence-corrected chi connectivity index (χ2v) is 10.1. The molecular weight excluding hydrogens is 390 g/mol. The summed E-state index contributed by atoms with van der Waals surface area (Å²) in [7, 11) is 0. The Morgan fingerprint density at radius 1 is 1.27 bits per heavy atom. The van der Waals surface area contributed by atoms with Crippen LogP contribution >= 0.6 is 11.3 Å². The molecule has 0 N–H and O–H groups in total. The number of thiazole rings is 1. The molecule has 1 aliphatic heterocycles. The summed E-state index contributed by atoms with van der Waals surface area (Å²) in [6.07, 6.45) is 3.18. The molecular formula is C25H27N3OS. The molecule has 0 amide bonds. The summed E-state index contributed by atoms with van der Waals surface area (Å²) in [5, 5.41) is 0. The summed E-state index contributed by atoms with van der Waals surface area (Å²) in [5.41, 5.74) is 6.97. The maximum absolute atomic E-state index is 13.1. The molecule has 0 radical (unpaired) electrons. The summed E-state index contributed by atoms with van der Waals surface area (Å²) < 4.78 is 2.48. The van der Waals surface area contributed by atoms with Crippen LogP contribution in [-0.4, -0.2) is 21.5 Å². The lowest BCUT2D eigenvalue weighted by molar-refractivity contribution is 0.381. The first-order valence-electron chi connectivity index (χ1n) is 10.6. The highest BCUT2D eigenvalue weighted by molar-refractivity contribution is 7.15. The summed E-state index contributed by atoms with van der Waals surface area (Å²) in [6, 6.07) is 12.4. The highest BCUT2D eigenvalue weighted by atomic mass is 32.1. The lowest BCUT2D eigenvalue weighted by Crippen LogP contribution is -2.48. The van der Waals surface area contributed by atoms with Gasteiger partial charge in [0.15, 0.2) is 4.96 Å². The van der Waals surface area contributed by atoms with Crippen LogP contribution in [0.3, 0.4) is 0 Å². The van der Waals surface area contributed by atoms with Crippen molar-refractivity contribution in [1.29, 1.82) is 0 Å². The highest BCUT2D eigenvalue weighted by Crippen LogP contribution is 2.44. The number of aryl methyl sites for hydroxylation is 1. The number of rotatable bonds is 2. The lowest BCUT2D eigenvalue weighted by Gasteiger charge is -2.47. The molecule has 4 nitrogen and oxygen atoms in total. The molecule has 2 aromatic carbocycles. The molecule has 0 saturated heterocycles. The first-order valence-corrected chi connectivity index (χ1v) is 11.5. The van der Waals surface area contributed by atoms with Crippen molar-refractivity contribution in [2.75, 3.05) is 11.4 Å². The van der Waals surface area contributed by atoms with Gasteiger partial charge in [-0.3, -0.25) is 4.79 Å². The molecule has 0 saturated carbocycles. The van der Waals surface area contributed by atoms with E-state index < -0.39 is 0 Å². The Morgan fingerprint density at radius 3 is 2.80 bits per heavy atom. The van der Waals surface area contributed by atoms with Gasteiger partial charge in [0.2, 0.25) is 0 Å². The lowest BCUT2D eigenvalue weighted by atomic mass is 9.79. The Labute approximate surface area is 180 Å². The van der Waals surface area contributed by atoms with Crippen LogP contribution in [0.15, 0.2) is 41.2 Å². The zero-order chi connectivity index (χ0) is 21.2. The third kappa shape index (κ3) is 2.79. The van der Waals surface area contributed by atoms with E-state index in [0.29, 0.717) is 5.92 Å². The summed E-state index contributed by atoms with van der Waals surface area (Å²) in [5.74, 6) is 0.488. The Bertz CT molecular complexity index is 1400. The van der Waals surface area contributed by atoms with E-state index in [2.05, 4.69) is 62.7 Å². The third-order valence-corrected chi connectivity index (χ3v) is 7.49. The molecule has 1 aliphatic rings. The Kier molecular flexibility index (Phi) is 4.30. The standard InChI is InChI=1S/C25H27N3OS/c1-6-27-21-11-15(2)17(12-18(21)16(3)14-25(27,4)5)13-22-23(29)28-20-10-8-7-9-19(20)26-24(28)30-22/h7-13,16H,6,14H2,1-5H3/b22-13-/t16-/m1/s1.